The van der Waals surface area contributed by atoms with E-state index >= 15 is 0 Å². The van der Waals surface area contributed by atoms with E-state index in [1.807, 2.05) is 59.7 Å². The Labute approximate surface area is 114 Å². The second kappa shape index (κ2) is 7.54. The molecule has 0 fully saturated rings. The number of hydrogen-bond donors (Lipinski definition) is 1. The monoisotopic (exact) mass is 271 g/mol. The van der Waals surface area contributed by atoms with Gasteiger partial charge in [-0.1, -0.05) is 19.9 Å². The molecule has 0 amide bonds. The molecule has 0 aliphatic heterocycles. The fourth-order valence-corrected chi connectivity index (χ4v) is 2.44. The molecular formula is C14H25NO2S. The molecule has 0 aromatic heterocycles. The Morgan fingerprint density at radius 1 is 1.22 bits per heavy atom. The Kier molecular flexibility index (Phi) is 7.18. The minimum atomic E-state index is -1.25. The number of hydrogen-bond acceptors (Lipinski definition) is 2. The Balaban J connectivity index is 0.00000137. The van der Waals surface area contributed by atoms with Gasteiger partial charge < -0.3 is 4.74 Å². The molecule has 1 N–H and O–H groups in total. The highest BCUT2D eigenvalue weighted by Crippen LogP contribution is 2.23. The molecule has 0 spiro atoms. The average molecular weight is 271 g/mol. The van der Waals surface area contributed by atoms with Crippen molar-refractivity contribution in [3.05, 3.63) is 23.8 Å². The first-order chi connectivity index (χ1) is 8.33. The quantitative estimate of drug-likeness (QED) is 0.914. The third-order valence-electron chi connectivity index (χ3n) is 1.92. The first-order valence-electron chi connectivity index (χ1n) is 6.18. The van der Waals surface area contributed by atoms with Gasteiger partial charge in [-0.05, 0) is 45.4 Å². The third-order valence-corrected chi connectivity index (χ3v) is 3.45. The summed E-state index contributed by atoms with van der Waals surface area (Å²) in [6.07, 6.45) is 0. The van der Waals surface area contributed by atoms with E-state index in [0.29, 0.717) is 10.6 Å². The maximum atomic E-state index is 12.1. The molecule has 0 aliphatic carbocycles. The summed E-state index contributed by atoms with van der Waals surface area (Å²) >= 11 is 0. The van der Waals surface area contributed by atoms with Gasteiger partial charge in [0.1, 0.15) is 16.7 Å². The predicted molar refractivity (Wildman–Crippen MR) is 78.4 cm³/mol. The van der Waals surface area contributed by atoms with E-state index in [1.165, 1.54) is 0 Å². The van der Waals surface area contributed by atoms with Crippen molar-refractivity contribution in [2.75, 3.05) is 7.11 Å². The highest BCUT2D eigenvalue weighted by Gasteiger charge is 2.17. The zero-order valence-corrected chi connectivity index (χ0v) is 13.3. The Hall–Kier alpha value is -0.870. The van der Waals surface area contributed by atoms with Crippen molar-refractivity contribution in [2.24, 2.45) is 0 Å². The molecule has 104 valence electrons. The molecule has 1 aromatic carbocycles. The van der Waals surface area contributed by atoms with E-state index in [0.717, 1.165) is 5.56 Å². The van der Waals surface area contributed by atoms with Crippen LogP contribution in [-0.2, 0) is 11.0 Å². The Morgan fingerprint density at radius 2 is 1.78 bits per heavy atom. The number of ether oxygens (including phenoxy) is 1. The van der Waals surface area contributed by atoms with Gasteiger partial charge in [0.25, 0.3) is 0 Å². The van der Waals surface area contributed by atoms with Crippen LogP contribution in [0.15, 0.2) is 23.1 Å². The van der Waals surface area contributed by atoms with Crippen LogP contribution in [0.4, 0.5) is 0 Å². The molecule has 4 heteroatoms. The van der Waals surface area contributed by atoms with Crippen LogP contribution >= 0.6 is 0 Å². The molecule has 1 rings (SSSR count). The maximum absolute atomic E-state index is 12.1. The van der Waals surface area contributed by atoms with Gasteiger partial charge in [0.2, 0.25) is 0 Å². The van der Waals surface area contributed by atoms with Crippen molar-refractivity contribution < 1.29 is 8.95 Å². The third kappa shape index (κ3) is 5.65. The van der Waals surface area contributed by atoms with Crippen molar-refractivity contribution in [1.82, 2.24) is 4.72 Å². The molecule has 1 unspecified atom stereocenters. The summed E-state index contributed by atoms with van der Waals surface area (Å²) in [5.41, 5.74) is 0.897. The molecule has 0 radical (unpaired) electrons. The molecule has 1 atom stereocenters. The predicted octanol–water partition coefficient (Wildman–Crippen LogP) is 3.44. The van der Waals surface area contributed by atoms with E-state index in [9.17, 15) is 4.21 Å². The summed E-state index contributed by atoms with van der Waals surface area (Å²) in [6, 6.07) is 5.65. The van der Waals surface area contributed by atoms with Crippen LogP contribution in [0.25, 0.3) is 0 Å². The minimum absolute atomic E-state index is 0.194. The first kappa shape index (κ1) is 17.1. The first-order valence-corrected chi connectivity index (χ1v) is 7.33. The maximum Gasteiger partial charge on any atom is 0.136 e. The zero-order chi connectivity index (χ0) is 14.3. The van der Waals surface area contributed by atoms with Crippen LogP contribution < -0.4 is 9.46 Å². The molecule has 3 nitrogen and oxygen atoms in total. The second-order valence-electron chi connectivity index (χ2n) is 4.78. The van der Waals surface area contributed by atoms with Gasteiger partial charge in [-0.2, -0.15) is 0 Å². The molecule has 0 bridgehead atoms. The van der Waals surface area contributed by atoms with E-state index in [4.69, 9.17) is 4.74 Å². The lowest BCUT2D eigenvalue weighted by Gasteiger charge is -2.20. The van der Waals surface area contributed by atoms with Crippen LogP contribution in [0.2, 0.25) is 0 Å². The SMILES string of the molecule is CC.COc1cc(C)ccc1S(=O)NC(C)(C)C. The van der Waals surface area contributed by atoms with Gasteiger partial charge in [-0.25, -0.2) is 8.93 Å². The zero-order valence-electron chi connectivity index (χ0n) is 12.5. The van der Waals surface area contributed by atoms with Crippen LogP contribution in [0, 0.1) is 6.92 Å². The largest absolute Gasteiger partial charge is 0.495 e. The van der Waals surface area contributed by atoms with Gasteiger partial charge in [-0.3, -0.25) is 0 Å². The molecule has 0 saturated heterocycles. The fraction of sp³-hybridized carbons (Fsp3) is 0.571. The summed E-state index contributed by atoms with van der Waals surface area (Å²) in [5, 5.41) is 0. The Morgan fingerprint density at radius 3 is 2.22 bits per heavy atom. The van der Waals surface area contributed by atoms with Crippen LogP contribution in [-0.4, -0.2) is 16.9 Å². The van der Waals surface area contributed by atoms with E-state index in [2.05, 4.69) is 4.72 Å². The molecule has 0 heterocycles. The van der Waals surface area contributed by atoms with Crippen molar-refractivity contribution in [2.45, 2.75) is 52.0 Å². The van der Waals surface area contributed by atoms with E-state index < -0.39 is 11.0 Å². The molecule has 0 saturated carbocycles. The molecule has 18 heavy (non-hydrogen) atoms. The van der Waals surface area contributed by atoms with Crippen LogP contribution in [0.3, 0.4) is 0 Å². The summed E-state index contributed by atoms with van der Waals surface area (Å²) in [7, 11) is 0.342. The van der Waals surface area contributed by atoms with Crippen molar-refractivity contribution in [1.29, 1.82) is 0 Å². The molecule has 0 aliphatic rings. The highest BCUT2D eigenvalue weighted by molar-refractivity contribution is 7.83. The number of nitrogens with one attached hydrogen (secondary N) is 1. The lowest BCUT2D eigenvalue weighted by molar-refractivity contribution is 0.403. The smallest absolute Gasteiger partial charge is 0.136 e. The van der Waals surface area contributed by atoms with Crippen molar-refractivity contribution in [3.8, 4) is 5.75 Å². The van der Waals surface area contributed by atoms with Gasteiger partial charge in [0.15, 0.2) is 0 Å². The fourth-order valence-electron chi connectivity index (χ4n) is 1.26. The van der Waals surface area contributed by atoms with Gasteiger partial charge in [0, 0.05) is 5.54 Å². The van der Waals surface area contributed by atoms with E-state index in [-0.39, 0.29) is 5.54 Å². The lowest BCUT2D eigenvalue weighted by Crippen LogP contribution is -2.37. The number of rotatable bonds is 3. The van der Waals surface area contributed by atoms with Crippen molar-refractivity contribution >= 4 is 11.0 Å². The minimum Gasteiger partial charge on any atom is -0.495 e. The van der Waals surface area contributed by atoms with Gasteiger partial charge in [0.05, 0.1) is 12.0 Å². The number of aryl methyl sites for hydroxylation is 1. The van der Waals surface area contributed by atoms with Gasteiger partial charge in [-0.15, -0.1) is 0 Å². The number of benzene rings is 1. The standard InChI is InChI=1S/C12H19NO2S.C2H6/c1-9-6-7-11(10(8-9)15-5)16(14)13-12(2,3)4;1-2/h6-8,13H,1-5H3;1-2H3. The average Bonchev–Trinajstić information content (AvgIpc) is 2.29. The summed E-state index contributed by atoms with van der Waals surface area (Å²) in [6.45, 7) is 11.9. The van der Waals surface area contributed by atoms with Crippen LogP contribution in [0.5, 0.6) is 5.75 Å². The van der Waals surface area contributed by atoms with Gasteiger partial charge >= 0.3 is 0 Å². The van der Waals surface area contributed by atoms with Crippen molar-refractivity contribution in [3.63, 3.8) is 0 Å². The lowest BCUT2D eigenvalue weighted by atomic mass is 10.1. The topological polar surface area (TPSA) is 38.3 Å². The van der Waals surface area contributed by atoms with E-state index in [1.54, 1.807) is 7.11 Å². The number of methoxy groups -OCH3 is 1. The highest BCUT2D eigenvalue weighted by atomic mass is 32.2. The molecule has 1 aromatic rings. The Bertz CT molecular complexity index is 397. The summed E-state index contributed by atoms with van der Waals surface area (Å²) in [4.78, 5) is 0.683. The normalized spacial score (nSPS) is 12.4. The second-order valence-corrected chi connectivity index (χ2v) is 5.96. The van der Waals surface area contributed by atoms with Crippen LogP contribution in [0.1, 0.15) is 40.2 Å². The summed E-state index contributed by atoms with van der Waals surface area (Å²) < 4.78 is 20.3. The summed E-state index contributed by atoms with van der Waals surface area (Å²) in [5.74, 6) is 0.662. The molecular weight excluding hydrogens is 246 g/mol.